The SMILES string of the molecule is CC(O)CNC(=O)Cc1cccc(-c2cc(Nc3ccc(C(=O)N4CCOCC4)cn3)c3nccn3c2)c1. The zero-order valence-corrected chi connectivity index (χ0v) is 21.1. The number of hydrogen-bond acceptors (Lipinski definition) is 7. The summed E-state index contributed by atoms with van der Waals surface area (Å²) in [4.78, 5) is 35.7. The summed E-state index contributed by atoms with van der Waals surface area (Å²) >= 11 is 0. The van der Waals surface area contributed by atoms with Gasteiger partial charge in [-0.15, -0.1) is 0 Å². The number of pyridine rings is 2. The largest absolute Gasteiger partial charge is 0.392 e. The Hall–Kier alpha value is -4.28. The third kappa shape index (κ3) is 5.99. The smallest absolute Gasteiger partial charge is 0.255 e. The molecule has 0 radical (unpaired) electrons. The summed E-state index contributed by atoms with van der Waals surface area (Å²) in [7, 11) is 0. The first-order chi connectivity index (χ1) is 18.5. The zero-order valence-electron chi connectivity index (χ0n) is 21.1. The van der Waals surface area contributed by atoms with Crippen molar-refractivity contribution >= 4 is 29.0 Å². The lowest BCUT2D eigenvalue weighted by Gasteiger charge is -2.26. The van der Waals surface area contributed by atoms with Gasteiger partial charge < -0.3 is 29.8 Å². The fourth-order valence-electron chi connectivity index (χ4n) is 4.33. The Morgan fingerprint density at radius 3 is 2.71 bits per heavy atom. The van der Waals surface area contributed by atoms with E-state index in [1.807, 2.05) is 47.1 Å². The third-order valence-corrected chi connectivity index (χ3v) is 6.28. The minimum Gasteiger partial charge on any atom is -0.392 e. The number of aromatic nitrogens is 3. The van der Waals surface area contributed by atoms with Gasteiger partial charge in [-0.25, -0.2) is 9.97 Å². The van der Waals surface area contributed by atoms with Crippen molar-refractivity contribution in [3.8, 4) is 11.1 Å². The van der Waals surface area contributed by atoms with Gasteiger partial charge >= 0.3 is 0 Å². The number of hydrogen-bond donors (Lipinski definition) is 3. The number of aliphatic hydroxyl groups excluding tert-OH is 1. The van der Waals surface area contributed by atoms with Gasteiger partial charge in [-0.1, -0.05) is 24.3 Å². The Kier molecular flexibility index (Phi) is 7.62. The highest BCUT2D eigenvalue weighted by Gasteiger charge is 2.19. The van der Waals surface area contributed by atoms with Crippen LogP contribution in [0.15, 0.2) is 67.3 Å². The lowest BCUT2D eigenvalue weighted by Crippen LogP contribution is -2.40. The minimum absolute atomic E-state index is 0.0515. The van der Waals surface area contributed by atoms with Crippen LogP contribution in [0, 0.1) is 0 Å². The molecule has 5 rings (SSSR count). The molecule has 196 valence electrons. The summed E-state index contributed by atoms with van der Waals surface area (Å²) in [5, 5.41) is 15.5. The van der Waals surface area contributed by atoms with Crippen LogP contribution in [0.25, 0.3) is 16.8 Å². The predicted molar refractivity (Wildman–Crippen MR) is 143 cm³/mol. The van der Waals surface area contributed by atoms with Gasteiger partial charge in [-0.2, -0.15) is 0 Å². The monoisotopic (exact) mass is 514 g/mol. The Bertz CT molecular complexity index is 1430. The molecule has 0 aliphatic carbocycles. The van der Waals surface area contributed by atoms with Crippen LogP contribution in [0.3, 0.4) is 0 Å². The molecule has 4 aromatic rings. The van der Waals surface area contributed by atoms with Crippen molar-refractivity contribution in [1.82, 2.24) is 24.6 Å². The number of nitrogens with one attached hydrogen (secondary N) is 2. The average molecular weight is 515 g/mol. The van der Waals surface area contributed by atoms with Gasteiger partial charge in [0.1, 0.15) is 5.82 Å². The van der Waals surface area contributed by atoms with Gasteiger partial charge in [0, 0.05) is 50.0 Å². The number of carbonyl (C=O) groups is 2. The summed E-state index contributed by atoms with van der Waals surface area (Å²) in [6, 6.07) is 13.3. The minimum atomic E-state index is -0.589. The van der Waals surface area contributed by atoms with E-state index in [0.29, 0.717) is 37.7 Å². The molecule has 1 aliphatic rings. The van der Waals surface area contributed by atoms with Crippen LogP contribution in [-0.4, -0.2) is 75.1 Å². The predicted octanol–water partition coefficient (Wildman–Crippen LogP) is 2.65. The Balaban J connectivity index is 1.35. The standard InChI is InChI=1S/C28H30N6O4/c1-19(35)16-31-26(36)14-20-3-2-4-21(13-20)23-15-24(27-29-7-8-34(27)18-23)32-25-6-5-22(17-30-25)28(37)33-9-11-38-12-10-33/h2-8,13,15,17-19,35H,9-12,14,16H2,1H3,(H,30,32)(H,31,36). The van der Waals surface area contributed by atoms with Gasteiger partial charge in [0.05, 0.1) is 37.0 Å². The number of rotatable bonds is 8. The maximum absolute atomic E-state index is 12.7. The molecule has 1 atom stereocenters. The van der Waals surface area contributed by atoms with Gasteiger partial charge in [-0.05, 0) is 36.2 Å². The molecule has 1 unspecified atom stereocenters. The van der Waals surface area contributed by atoms with Crippen molar-refractivity contribution in [2.45, 2.75) is 19.4 Å². The highest BCUT2D eigenvalue weighted by Crippen LogP contribution is 2.28. The van der Waals surface area contributed by atoms with E-state index in [-0.39, 0.29) is 24.8 Å². The van der Waals surface area contributed by atoms with Crippen molar-refractivity contribution in [1.29, 1.82) is 0 Å². The van der Waals surface area contributed by atoms with Crippen LogP contribution in [-0.2, 0) is 16.0 Å². The van der Waals surface area contributed by atoms with E-state index in [1.54, 1.807) is 36.4 Å². The van der Waals surface area contributed by atoms with Crippen LogP contribution < -0.4 is 10.6 Å². The summed E-state index contributed by atoms with van der Waals surface area (Å²) in [5.74, 6) is 0.399. The molecule has 10 heteroatoms. The summed E-state index contributed by atoms with van der Waals surface area (Å²) < 4.78 is 7.26. The number of carbonyl (C=O) groups excluding carboxylic acids is 2. The Morgan fingerprint density at radius 2 is 1.95 bits per heavy atom. The number of anilines is 2. The van der Waals surface area contributed by atoms with E-state index < -0.39 is 6.10 Å². The van der Waals surface area contributed by atoms with Gasteiger partial charge in [0.2, 0.25) is 5.91 Å². The Morgan fingerprint density at radius 1 is 1.11 bits per heavy atom. The van der Waals surface area contributed by atoms with Crippen LogP contribution >= 0.6 is 0 Å². The van der Waals surface area contributed by atoms with E-state index in [1.165, 1.54) is 0 Å². The first kappa shape index (κ1) is 25.4. The summed E-state index contributed by atoms with van der Waals surface area (Å²) in [6.45, 7) is 4.12. The maximum atomic E-state index is 12.7. The molecule has 2 amide bonds. The summed E-state index contributed by atoms with van der Waals surface area (Å²) in [6.07, 6.45) is 6.79. The molecular formula is C28H30N6O4. The fourth-order valence-corrected chi connectivity index (χ4v) is 4.33. The van der Waals surface area contributed by atoms with Crippen molar-refractivity contribution in [2.24, 2.45) is 0 Å². The van der Waals surface area contributed by atoms with E-state index in [2.05, 4.69) is 20.6 Å². The fraction of sp³-hybridized carbons (Fsp3) is 0.286. The van der Waals surface area contributed by atoms with Crippen molar-refractivity contribution in [3.63, 3.8) is 0 Å². The third-order valence-electron chi connectivity index (χ3n) is 6.28. The maximum Gasteiger partial charge on any atom is 0.255 e. The molecule has 1 aliphatic heterocycles. The molecular weight excluding hydrogens is 484 g/mol. The lowest BCUT2D eigenvalue weighted by molar-refractivity contribution is -0.120. The molecule has 3 aromatic heterocycles. The van der Waals surface area contributed by atoms with Gasteiger partial charge in [0.15, 0.2) is 5.65 Å². The molecule has 38 heavy (non-hydrogen) atoms. The lowest BCUT2D eigenvalue weighted by atomic mass is 10.0. The first-order valence-electron chi connectivity index (χ1n) is 12.6. The number of ether oxygens (including phenoxy) is 1. The highest BCUT2D eigenvalue weighted by molar-refractivity contribution is 5.94. The number of benzene rings is 1. The zero-order chi connectivity index (χ0) is 26.5. The number of fused-ring (bicyclic) bond motifs is 1. The van der Waals surface area contributed by atoms with Crippen LogP contribution in [0.5, 0.6) is 0 Å². The van der Waals surface area contributed by atoms with Crippen LogP contribution in [0.1, 0.15) is 22.8 Å². The van der Waals surface area contributed by atoms with Gasteiger partial charge in [-0.3, -0.25) is 9.59 Å². The van der Waals surface area contributed by atoms with E-state index in [0.717, 1.165) is 28.0 Å². The summed E-state index contributed by atoms with van der Waals surface area (Å²) in [5.41, 5.74) is 4.77. The number of nitrogens with zero attached hydrogens (tertiary/aromatic N) is 4. The second kappa shape index (κ2) is 11.4. The van der Waals surface area contributed by atoms with E-state index in [9.17, 15) is 14.7 Å². The number of morpholine rings is 1. The first-order valence-corrected chi connectivity index (χ1v) is 12.6. The quantitative estimate of drug-likeness (QED) is 0.331. The molecule has 0 bridgehead atoms. The van der Waals surface area contributed by atoms with E-state index in [4.69, 9.17) is 4.74 Å². The number of aliphatic hydroxyl groups is 1. The molecule has 1 aromatic carbocycles. The number of amides is 2. The molecule has 10 nitrogen and oxygen atoms in total. The topological polar surface area (TPSA) is 121 Å². The molecule has 1 fully saturated rings. The van der Waals surface area contributed by atoms with Crippen molar-refractivity contribution < 1.29 is 19.4 Å². The molecule has 1 saturated heterocycles. The molecule has 4 heterocycles. The van der Waals surface area contributed by atoms with Crippen molar-refractivity contribution in [2.75, 3.05) is 38.2 Å². The number of imidazole rings is 1. The Labute approximate surface area is 220 Å². The molecule has 0 spiro atoms. The van der Waals surface area contributed by atoms with E-state index >= 15 is 0 Å². The second-order valence-electron chi connectivity index (χ2n) is 9.29. The molecule has 3 N–H and O–H groups in total. The van der Waals surface area contributed by atoms with Crippen LogP contribution in [0.2, 0.25) is 0 Å². The van der Waals surface area contributed by atoms with Crippen LogP contribution in [0.4, 0.5) is 11.5 Å². The van der Waals surface area contributed by atoms with Gasteiger partial charge in [0.25, 0.3) is 5.91 Å². The highest BCUT2D eigenvalue weighted by atomic mass is 16.5. The molecule has 0 saturated carbocycles. The second-order valence-corrected chi connectivity index (χ2v) is 9.29. The van der Waals surface area contributed by atoms with Crippen molar-refractivity contribution in [3.05, 3.63) is 78.4 Å². The average Bonchev–Trinajstić information content (AvgIpc) is 3.42. The normalized spacial score (nSPS) is 14.3.